The van der Waals surface area contributed by atoms with Crippen molar-refractivity contribution >= 4 is 32.4 Å². The first-order chi connectivity index (χ1) is 11.3. The zero-order valence-electron chi connectivity index (χ0n) is 13.7. The van der Waals surface area contributed by atoms with E-state index < -0.39 is 10.0 Å². The number of carbonyl (C=O) groups is 1. The SMILES string of the molecule is CC(=O)Nc1nnc(S(=O)(=O)N[C@H](CC(C)C)c2ccccc2)s1. The minimum Gasteiger partial charge on any atom is -0.301 e. The Balaban J connectivity index is 2.23. The third-order valence-electron chi connectivity index (χ3n) is 3.13. The molecule has 24 heavy (non-hydrogen) atoms. The molecule has 9 heteroatoms. The van der Waals surface area contributed by atoms with Gasteiger partial charge in [0, 0.05) is 13.0 Å². The van der Waals surface area contributed by atoms with Gasteiger partial charge in [-0.05, 0) is 17.9 Å². The fourth-order valence-electron chi connectivity index (χ4n) is 2.17. The summed E-state index contributed by atoms with van der Waals surface area (Å²) in [7, 11) is -3.82. The standard InChI is InChI=1S/C15H20N4O3S2/c1-10(2)9-13(12-7-5-4-6-8-12)19-24(21,22)15-18-17-14(23-15)16-11(3)20/h4-8,10,13,19H,9H2,1-3H3,(H,16,17,20)/t13-/m1/s1. The van der Waals surface area contributed by atoms with E-state index in [1.807, 2.05) is 44.2 Å². The number of benzene rings is 1. The van der Waals surface area contributed by atoms with E-state index in [4.69, 9.17) is 0 Å². The molecule has 2 N–H and O–H groups in total. The van der Waals surface area contributed by atoms with Gasteiger partial charge in [-0.2, -0.15) is 0 Å². The molecule has 2 aromatic rings. The number of nitrogens with zero attached hydrogens (tertiary/aromatic N) is 2. The predicted octanol–water partition coefficient (Wildman–Crippen LogP) is 2.56. The van der Waals surface area contributed by atoms with Crippen LogP contribution in [-0.4, -0.2) is 24.5 Å². The Morgan fingerprint density at radius 1 is 1.21 bits per heavy atom. The quantitative estimate of drug-likeness (QED) is 0.732. The molecule has 1 aromatic heterocycles. The van der Waals surface area contributed by atoms with Crippen LogP contribution in [0.2, 0.25) is 0 Å². The predicted molar refractivity (Wildman–Crippen MR) is 93.2 cm³/mol. The van der Waals surface area contributed by atoms with Crippen molar-refractivity contribution in [2.45, 2.75) is 37.6 Å². The molecule has 0 unspecified atom stereocenters. The molecule has 0 aliphatic carbocycles. The zero-order valence-corrected chi connectivity index (χ0v) is 15.3. The first-order valence-corrected chi connectivity index (χ1v) is 9.76. The molecule has 1 heterocycles. The Morgan fingerprint density at radius 2 is 1.88 bits per heavy atom. The Hall–Kier alpha value is -1.84. The number of anilines is 1. The molecular weight excluding hydrogens is 348 g/mol. The maximum atomic E-state index is 12.6. The van der Waals surface area contributed by atoms with Crippen LogP contribution in [0.25, 0.3) is 0 Å². The Bertz CT molecular complexity index is 788. The lowest BCUT2D eigenvalue weighted by Crippen LogP contribution is -2.29. The Morgan fingerprint density at radius 3 is 2.46 bits per heavy atom. The van der Waals surface area contributed by atoms with Crippen molar-refractivity contribution in [3.8, 4) is 0 Å². The van der Waals surface area contributed by atoms with Gasteiger partial charge in [-0.25, -0.2) is 13.1 Å². The number of nitrogens with one attached hydrogen (secondary N) is 2. The molecule has 0 saturated carbocycles. The highest BCUT2D eigenvalue weighted by atomic mass is 32.2. The maximum absolute atomic E-state index is 12.6. The Labute approximate surface area is 145 Å². The third-order valence-corrected chi connectivity index (χ3v) is 5.80. The van der Waals surface area contributed by atoms with Crippen molar-refractivity contribution in [2.24, 2.45) is 5.92 Å². The highest BCUT2D eigenvalue weighted by Gasteiger charge is 2.26. The van der Waals surface area contributed by atoms with Gasteiger partial charge in [0.2, 0.25) is 15.4 Å². The van der Waals surface area contributed by atoms with E-state index in [1.165, 1.54) is 6.92 Å². The fraction of sp³-hybridized carbons (Fsp3) is 0.400. The van der Waals surface area contributed by atoms with Crippen molar-refractivity contribution in [1.82, 2.24) is 14.9 Å². The highest BCUT2D eigenvalue weighted by molar-refractivity contribution is 7.91. The van der Waals surface area contributed by atoms with E-state index in [0.717, 1.165) is 16.9 Å². The van der Waals surface area contributed by atoms with Crippen LogP contribution < -0.4 is 10.0 Å². The number of sulfonamides is 1. The molecule has 1 atom stereocenters. The van der Waals surface area contributed by atoms with E-state index in [9.17, 15) is 13.2 Å². The fourth-order valence-corrected chi connectivity index (χ4v) is 4.37. The van der Waals surface area contributed by atoms with Crippen LogP contribution in [0.1, 0.15) is 38.8 Å². The van der Waals surface area contributed by atoms with Crippen molar-refractivity contribution in [3.63, 3.8) is 0 Å². The van der Waals surface area contributed by atoms with E-state index in [2.05, 4.69) is 20.2 Å². The monoisotopic (exact) mass is 368 g/mol. The molecule has 0 saturated heterocycles. The number of amides is 1. The van der Waals surface area contributed by atoms with Crippen molar-refractivity contribution in [1.29, 1.82) is 0 Å². The largest absolute Gasteiger partial charge is 0.301 e. The second kappa shape index (κ2) is 7.82. The molecule has 1 aromatic carbocycles. The summed E-state index contributed by atoms with van der Waals surface area (Å²) in [5, 5.41) is 9.93. The summed E-state index contributed by atoms with van der Waals surface area (Å²) in [6, 6.07) is 9.04. The average molecular weight is 368 g/mol. The first-order valence-electron chi connectivity index (χ1n) is 7.46. The van der Waals surface area contributed by atoms with Gasteiger partial charge in [0.25, 0.3) is 10.0 Å². The van der Waals surface area contributed by atoms with Gasteiger partial charge in [0.05, 0.1) is 0 Å². The summed E-state index contributed by atoms with van der Waals surface area (Å²) < 4.78 is 27.7. The highest BCUT2D eigenvalue weighted by Crippen LogP contribution is 2.26. The summed E-state index contributed by atoms with van der Waals surface area (Å²) in [6.45, 7) is 5.38. The van der Waals surface area contributed by atoms with Gasteiger partial charge < -0.3 is 5.32 Å². The lowest BCUT2D eigenvalue weighted by molar-refractivity contribution is -0.114. The smallest absolute Gasteiger partial charge is 0.270 e. The molecule has 0 aliphatic heterocycles. The lowest BCUT2D eigenvalue weighted by atomic mass is 9.98. The minimum atomic E-state index is -3.82. The van der Waals surface area contributed by atoms with Gasteiger partial charge in [0.1, 0.15) is 0 Å². The van der Waals surface area contributed by atoms with Crippen LogP contribution in [0, 0.1) is 5.92 Å². The average Bonchev–Trinajstić information content (AvgIpc) is 2.95. The molecular formula is C15H20N4O3S2. The van der Waals surface area contributed by atoms with Crippen LogP contribution in [0.15, 0.2) is 34.7 Å². The van der Waals surface area contributed by atoms with Gasteiger partial charge in [-0.1, -0.05) is 55.5 Å². The van der Waals surface area contributed by atoms with Crippen LogP contribution in [0.5, 0.6) is 0 Å². The van der Waals surface area contributed by atoms with Gasteiger partial charge in [0.15, 0.2) is 0 Å². The molecule has 0 fully saturated rings. The second-order valence-electron chi connectivity index (χ2n) is 5.77. The molecule has 7 nitrogen and oxygen atoms in total. The van der Waals surface area contributed by atoms with E-state index >= 15 is 0 Å². The molecule has 2 rings (SSSR count). The van der Waals surface area contributed by atoms with E-state index in [-0.39, 0.29) is 21.4 Å². The first kappa shape index (κ1) is 18.5. The van der Waals surface area contributed by atoms with Gasteiger partial charge >= 0.3 is 0 Å². The van der Waals surface area contributed by atoms with Crippen LogP contribution >= 0.6 is 11.3 Å². The Kier molecular flexibility index (Phi) is 6.03. The van der Waals surface area contributed by atoms with Crippen molar-refractivity contribution in [3.05, 3.63) is 35.9 Å². The molecule has 0 radical (unpaired) electrons. The molecule has 0 spiro atoms. The third kappa shape index (κ3) is 5.08. The zero-order chi connectivity index (χ0) is 17.7. The number of aromatic nitrogens is 2. The van der Waals surface area contributed by atoms with E-state index in [1.54, 1.807) is 0 Å². The second-order valence-corrected chi connectivity index (χ2v) is 8.63. The van der Waals surface area contributed by atoms with Crippen LogP contribution in [0.4, 0.5) is 5.13 Å². The molecule has 0 aliphatic rings. The summed E-state index contributed by atoms with van der Waals surface area (Å²) in [5.74, 6) is -0.0210. The molecule has 130 valence electrons. The number of hydrogen-bond donors (Lipinski definition) is 2. The van der Waals surface area contributed by atoms with Crippen LogP contribution in [0.3, 0.4) is 0 Å². The maximum Gasteiger partial charge on any atom is 0.270 e. The summed E-state index contributed by atoms with van der Waals surface area (Å²) in [5.41, 5.74) is 0.890. The van der Waals surface area contributed by atoms with Gasteiger partial charge in [-0.15, -0.1) is 10.2 Å². The van der Waals surface area contributed by atoms with Gasteiger partial charge in [-0.3, -0.25) is 4.79 Å². The normalized spacial score (nSPS) is 13.0. The number of carbonyl (C=O) groups excluding carboxylic acids is 1. The van der Waals surface area contributed by atoms with Crippen molar-refractivity contribution < 1.29 is 13.2 Å². The van der Waals surface area contributed by atoms with Crippen LogP contribution in [-0.2, 0) is 14.8 Å². The summed E-state index contributed by atoms with van der Waals surface area (Å²) >= 11 is 0.820. The summed E-state index contributed by atoms with van der Waals surface area (Å²) in [4.78, 5) is 11.0. The number of rotatable bonds is 7. The minimum absolute atomic E-state index is 0.156. The lowest BCUT2D eigenvalue weighted by Gasteiger charge is -2.20. The summed E-state index contributed by atoms with van der Waals surface area (Å²) in [6.07, 6.45) is 0.653. The topological polar surface area (TPSA) is 101 Å². The number of hydrogen-bond acceptors (Lipinski definition) is 6. The molecule has 0 bridgehead atoms. The molecule has 1 amide bonds. The van der Waals surface area contributed by atoms with Crippen molar-refractivity contribution in [2.75, 3.05) is 5.32 Å². The van der Waals surface area contributed by atoms with E-state index in [0.29, 0.717) is 12.3 Å².